The molecule has 0 saturated heterocycles. The second-order valence-electron chi connectivity index (χ2n) is 6.58. The van der Waals surface area contributed by atoms with Gasteiger partial charge in [-0.2, -0.15) is 5.10 Å². The summed E-state index contributed by atoms with van der Waals surface area (Å²) in [5, 5.41) is 5.63. The Morgan fingerprint density at radius 3 is 2.52 bits per heavy atom. The summed E-state index contributed by atoms with van der Waals surface area (Å²) in [7, 11) is 0. The van der Waals surface area contributed by atoms with Gasteiger partial charge in [-0.1, -0.05) is 18.2 Å². The van der Waals surface area contributed by atoms with Crippen molar-refractivity contribution in [3.8, 4) is 22.8 Å². The van der Waals surface area contributed by atoms with E-state index in [9.17, 15) is 4.39 Å². The van der Waals surface area contributed by atoms with Crippen LogP contribution in [-0.2, 0) is 0 Å². The highest BCUT2D eigenvalue weighted by Gasteiger charge is 2.14. The number of anilines is 1. The monoisotopic (exact) mass is 388 g/mol. The maximum absolute atomic E-state index is 13.9. The van der Waals surface area contributed by atoms with E-state index in [0.29, 0.717) is 46.8 Å². The van der Waals surface area contributed by atoms with Gasteiger partial charge in [-0.05, 0) is 48.5 Å². The first-order valence-electron chi connectivity index (χ1n) is 9.24. The van der Waals surface area contributed by atoms with Crippen LogP contribution >= 0.6 is 0 Å². The van der Waals surface area contributed by atoms with Crippen molar-refractivity contribution >= 4 is 16.7 Å². The molecule has 0 saturated carbocycles. The molecule has 5 nitrogen and oxygen atoms in total. The van der Waals surface area contributed by atoms with Gasteiger partial charge in [0, 0.05) is 17.0 Å². The molecule has 4 aromatic rings. The largest absolute Gasteiger partial charge is 0.486 e. The van der Waals surface area contributed by atoms with Gasteiger partial charge in [-0.15, -0.1) is 0 Å². The number of benzene rings is 3. The van der Waals surface area contributed by atoms with Crippen LogP contribution in [0.1, 0.15) is 0 Å². The van der Waals surface area contributed by atoms with Crippen LogP contribution in [-0.4, -0.2) is 13.2 Å². The fourth-order valence-electron chi connectivity index (χ4n) is 3.21. The van der Waals surface area contributed by atoms with Crippen LogP contribution < -0.4 is 20.3 Å². The maximum atomic E-state index is 13.9. The van der Waals surface area contributed by atoms with Crippen LogP contribution in [0.15, 0.2) is 82.3 Å². The van der Waals surface area contributed by atoms with Gasteiger partial charge in [0.1, 0.15) is 30.4 Å². The molecule has 3 aromatic carbocycles. The molecule has 1 aliphatic rings. The third-order valence-electron chi connectivity index (χ3n) is 4.61. The van der Waals surface area contributed by atoms with E-state index in [-0.39, 0.29) is 5.82 Å². The third-order valence-corrected chi connectivity index (χ3v) is 4.61. The van der Waals surface area contributed by atoms with Crippen LogP contribution in [0.4, 0.5) is 10.1 Å². The summed E-state index contributed by atoms with van der Waals surface area (Å²) in [6.45, 7) is 1.04. The molecule has 6 heteroatoms. The molecule has 0 bridgehead atoms. The first-order valence-corrected chi connectivity index (χ1v) is 9.24. The normalized spacial score (nSPS) is 13.5. The molecule has 1 N–H and O–H groups in total. The van der Waals surface area contributed by atoms with Gasteiger partial charge in [-0.25, -0.2) is 4.39 Å². The highest BCUT2D eigenvalue weighted by molar-refractivity contribution is 5.79. The second-order valence-corrected chi connectivity index (χ2v) is 6.58. The quantitative estimate of drug-likeness (QED) is 0.505. The lowest BCUT2D eigenvalue weighted by Crippen LogP contribution is -2.15. The van der Waals surface area contributed by atoms with Crippen LogP contribution in [0.5, 0.6) is 11.5 Å². The number of ether oxygens (including phenoxy) is 2. The first-order chi connectivity index (χ1) is 14.3. The first kappa shape index (κ1) is 17.3. The van der Waals surface area contributed by atoms with E-state index in [1.807, 2.05) is 48.5 Å². The number of hydrogen-bond acceptors (Lipinski definition) is 5. The predicted octanol–water partition coefficient (Wildman–Crippen LogP) is 4.94. The zero-order chi connectivity index (χ0) is 19.6. The van der Waals surface area contributed by atoms with Crippen molar-refractivity contribution in [1.82, 2.24) is 0 Å². The molecule has 5 rings (SSSR count). The Morgan fingerprint density at radius 2 is 1.66 bits per heavy atom. The zero-order valence-corrected chi connectivity index (χ0v) is 15.4. The molecule has 0 fully saturated rings. The standard InChI is InChI=1S/C23H17FN2O3/c24-16-7-9-20-18(13-16)19(26-25-17-4-2-1-3-5-17)14-22(29-20)15-6-8-21-23(12-15)28-11-10-27-21/h1-9,12-14,25H,10-11H2. The van der Waals surface area contributed by atoms with E-state index in [0.717, 1.165) is 11.3 Å². The minimum atomic E-state index is -0.351. The van der Waals surface area contributed by atoms with Crippen molar-refractivity contribution < 1.29 is 18.3 Å². The number of para-hydroxylation sites is 1. The molecule has 1 aromatic heterocycles. The number of hydrogen-bond donors (Lipinski definition) is 1. The summed E-state index contributed by atoms with van der Waals surface area (Å²) in [5.41, 5.74) is 5.20. The molecule has 0 spiro atoms. The minimum Gasteiger partial charge on any atom is -0.486 e. The Hall–Kier alpha value is -3.80. The molecule has 0 atom stereocenters. The molecule has 144 valence electrons. The summed E-state index contributed by atoms with van der Waals surface area (Å²) in [6.07, 6.45) is 0. The number of rotatable bonds is 3. The smallest absolute Gasteiger partial charge is 0.162 e. The topological polar surface area (TPSA) is 56.0 Å². The van der Waals surface area contributed by atoms with Crippen molar-refractivity contribution in [2.75, 3.05) is 18.6 Å². The molecular weight excluding hydrogens is 371 g/mol. The minimum absolute atomic E-state index is 0.351. The van der Waals surface area contributed by atoms with Crippen LogP contribution in [0.25, 0.3) is 22.3 Å². The van der Waals surface area contributed by atoms with E-state index in [1.54, 1.807) is 12.1 Å². The predicted molar refractivity (Wildman–Crippen MR) is 108 cm³/mol. The molecule has 1 aliphatic heterocycles. The van der Waals surface area contributed by atoms with E-state index in [4.69, 9.17) is 13.9 Å². The van der Waals surface area contributed by atoms with Gasteiger partial charge in [0.2, 0.25) is 0 Å². The number of nitrogens with zero attached hydrogens (tertiary/aromatic N) is 1. The Balaban J connectivity index is 1.64. The lowest BCUT2D eigenvalue weighted by atomic mass is 10.1. The second kappa shape index (κ2) is 7.31. The van der Waals surface area contributed by atoms with E-state index >= 15 is 0 Å². The van der Waals surface area contributed by atoms with Crippen molar-refractivity contribution in [2.45, 2.75) is 0 Å². The van der Waals surface area contributed by atoms with Gasteiger partial charge in [0.15, 0.2) is 11.5 Å². The Labute approximate surface area is 166 Å². The lowest BCUT2D eigenvalue weighted by Gasteiger charge is -2.18. The van der Waals surface area contributed by atoms with Gasteiger partial charge < -0.3 is 13.9 Å². The SMILES string of the molecule is Fc1ccc2oc(-c3ccc4c(c3)OCCO4)cc(=NNc3ccccc3)c2c1. The van der Waals surface area contributed by atoms with Crippen molar-refractivity contribution in [2.24, 2.45) is 5.10 Å². The van der Waals surface area contributed by atoms with Crippen molar-refractivity contribution in [3.63, 3.8) is 0 Å². The fourth-order valence-corrected chi connectivity index (χ4v) is 3.21. The summed E-state index contributed by atoms with van der Waals surface area (Å²) in [4.78, 5) is 0. The summed E-state index contributed by atoms with van der Waals surface area (Å²) >= 11 is 0. The fraction of sp³-hybridized carbons (Fsp3) is 0.0870. The zero-order valence-electron chi connectivity index (χ0n) is 15.4. The van der Waals surface area contributed by atoms with Gasteiger partial charge in [0.05, 0.1) is 11.0 Å². The summed E-state index contributed by atoms with van der Waals surface area (Å²) in [5.74, 6) is 1.62. The van der Waals surface area contributed by atoms with Crippen LogP contribution in [0.3, 0.4) is 0 Å². The van der Waals surface area contributed by atoms with E-state index < -0.39 is 0 Å². The van der Waals surface area contributed by atoms with E-state index in [1.165, 1.54) is 12.1 Å². The Bertz CT molecular complexity index is 1250. The number of fused-ring (bicyclic) bond motifs is 2. The van der Waals surface area contributed by atoms with Crippen molar-refractivity contribution in [3.05, 3.63) is 84.0 Å². The molecule has 29 heavy (non-hydrogen) atoms. The highest BCUT2D eigenvalue weighted by atomic mass is 19.1. The highest BCUT2D eigenvalue weighted by Crippen LogP contribution is 2.34. The summed E-state index contributed by atoms with van der Waals surface area (Å²) in [6, 6.07) is 21.4. The maximum Gasteiger partial charge on any atom is 0.162 e. The molecule has 0 amide bonds. The number of nitrogens with one attached hydrogen (secondary N) is 1. The van der Waals surface area contributed by atoms with Crippen molar-refractivity contribution in [1.29, 1.82) is 0 Å². The molecule has 0 aliphatic carbocycles. The Kier molecular flexibility index (Phi) is 4.37. The van der Waals surface area contributed by atoms with E-state index in [2.05, 4.69) is 10.5 Å². The van der Waals surface area contributed by atoms with Crippen LogP contribution in [0.2, 0.25) is 0 Å². The molecule has 2 heterocycles. The Morgan fingerprint density at radius 1 is 0.828 bits per heavy atom. The summed E-state index contributed by atoms with van der Waals surface area (Å²) < 4.78 is 31.1. The van der Waals surface area contributed by atoms with Gasteiger partial charge >= 0.3 is 0 Å². The van der Waals surface area contributed by atoms with Gasteiger partial charge in [-0.3, -0.25) is 5.43 Å². The average Bonchev–Trinajstić information content (AvgIpc) is 2.78. The lowest BCUT2D eigenvalue weighted by molar-refractivity contribution is 0.171. The van der Waals surface area contributed by atoms with Crippen LogP contribution in [0, 0.1) is 5.82 Å². The number of halogens is 1. The molecule has 0 radical (unpaired) electrons. The third kappa shape index (κ3) is 3.52. The molecular formula is C23H17FN2O3. The molecule has 0 unspecified atom stereocenters. The van der Waals surface area contributed by atoms with Gasteiger partial charge in [0.25, 0.3) is 0 Å². The average molecular weight is 388 g/mol.